The van der Waals surface area contributed by atoms with E-state index in [4.69, 9.17) is 11.6 Å². The second-order valence-electron chi connectivity index (χ2n) is 3.89. The fraction of sp³-hybridized carbons (Fsp3) is 0.273. The van der Waals surface area contributed by atoms with E-state index in [9.17, 15) is 4.79 Å². The van der Waals surface area contributed by atoms with Gasteiger partial charge in [0, 0.05) is 18.5 Å². The molecule has 0 saturated heterocycles. The zero-order valence-electron chi connectivity index (χ0n) is 8.25. The molecular weight excluding hydrogens is 212 g/mol. The molecule has 0 amide bonds. The van der Waals surface area contributed by atoms with E-state index in [0.717, 1.165) is 22.2 Å². The minimum Gasteiger partial charge on any atom is -0.314 e. The van der Waals surface area contributed by atoms with Crippen LogP contribution in [-0.2, 0) is 6.54 Å². The Morgan fingerprint density at radius 1 is 1.47 bits per heavy atom. The lowest BCUT2D eigenvalue weighted by molar-refractivity contribution is 0.0973. The third-order valence-electron chi connectivity index (χ3n) is 2.80. The molecule has 0 spiro atoms. The molecule has 0 radical (unpaired) electrons. The van der Waals surface area contributed by atoms with Crippen molar-refractivity contribution in [1.29, 1.82) is 0 Å². The summed E-state index contributed by atoms with van der Waals surface area (Å²) in [7, 11) is 0. The number of hydrogen-bond donors (Lipinski definition) is 0. The van der Waals surface area contributed by atoms with Crippen LogP contribution in [0.15, 0.2) is 12.1 Å². The SMILES string of the molecule is Cc1cc2c3c(c1)nc(Cl)n3CCC2=O. The monoisotopic (exact) mass is 220 g/mol. The van der Waals surface area contributed by atoms with Crippen molar-refractivity contribution in [3.8, 4) is 0 Å². The molecule has 3 rings (SSSR count). The van der Waals surface area contributed by atoms with Gasteiger partial charge in [-0.3, -0.25) is 4.79 Å². The van der Waals surface area contributed by atoms with Gasteiger partial charge < -0.3 is 4.57 Å². The molecule has 0 N–H and O–H groups in total. The maximum Gasteiger partial charge on any atom is 0.203 e. The predicted octanol–water partition coefficient (Wildman–Crippen LogP) is 2.58. The zero-order chi connectivity index (χ0) is 10.6. The van der Waals surface area contributed by atoms with Gasteiger partial charge in [-0.1, -0.05) is 0 Å². The zero-order valence-corrected chi connectivity index (χ0v) is 9.01. The maximum absolute atomic E-state index is 11.7. The first-order valence-corrected chi connectivity index (χ1v) is 5.24. The van der Waals surface area contributed by atoms with Crippen molar-refractivity contribution in [3.05, 3.63) is 28.5 Å². The Morgan fingerprint density at radius 2 is 2.27 bits per heavy atom. The molecule has 1 aromatic heterocycles. The highest BCUT2D eigenvalue weighted by Gasteiger charge is 2.22. The second-order valence-corrected chi connectivity index (χ2v) is 4.22. The molecule has 0 unspecified atom stereocenters. The minimum atomic E-state index is 0.188. The smallest absolute Gasteiger partial charge is 0.203 e. The summed E-state index contributed by atoms with van der Waals surface area (Å²) < 4.78 is 1.91. The summed E-state index contributed by atoms with van der Waals surface area (Å²) in [6.07, 6.45) is 0.516. The molecule has 76 valence electrons. The summed E-state index contributed by atoms with van der Waals surface area (Å²) in [5, 5.41) is 0.476. The van der Waals surface area contributed by atoms with Gasteiger partial charge in [-0.15, -0.1) is 0 Å². The number of Topliss-reactive ketones (excluding diaryl/α,β-unsaturated/α-hetero) is 1. The molecular formula is C11H9ClN2O. The maximum atomic E-state index is 11.7. The molecule has 0 fully saturated rings. The lowest BCUT2D eigenvalue weighted by Gasteiger charge is -2.14. The van der Waals surface area contributed by atoms with Crippen LogP contribution >= 0.6 is 11.6 Å². The number of aryl methyl sites for hydroxylation is 2. The van der Waals surface area contributed by atoms with E-state index in [1.807, 2.05) is 23.6 Å². The van der Waals surface area contributed by atoms with Gasteiger partial charge in [0.15, 0.2) is 5.78 Å². The molecule has 4 heteroatoms. The van der Waals surface area contributed by atoms with E-state index in [2.05, 4.69) is 4.98 Å². The van der Waals surface area contributed by atoms with Gasteiger partial charge in [-0.05, 0) is 36.2 Å². The third-order valence-corrected chi connectivity index (χ3v) is 3.09. The number of carbonyl (C=O) groups excluding carboxylic acids is 1. The largest absolute Gasteiger partial charge is 0.314 e. The molecule has 0 saturated carbocycles. The first-order valence-electron chi connectivity index (χ1n) is 4.86. The van der Waals surface area contributed by atoms with E-state index >= 15 is 0 Å². The fourth-order valence-corrected chi connectivity index (χ4v) is 2.41. The number of rotatable bonds is 0. The number of nitrogens with zero attached hydrogens (tertiary/aromatic N) is 2. The molecule has 0 aliphatic carbocycles. The van der Waals surface area contributed by atoms with Gasteiger partial charge in [0.2, 0.25) is 5.28 Å². The van der Waals surface area contributed by atoms with Crippen molar-refractivity contribution in [1.82, 2.24) is 9.55 Å². The Kier molecular flexibility index (Phi) is 1.68. The Morgan fingerprint density at radius 3 is 3.07 bits per heavy atom. The van der Waals surface area contributed by atoms with Gasteiger partial charge in [0.1, 0.15) is 0 Å². The molecule has 15 heavy (non-hydrogen) atoms. The normalized spacial score (nSPS) is 14.9. The molecule has 1 aliphatic heterocycles. The summed E-state index contributed by atoms with van der Waals surface area (Å²) >= 11 is 6.01. The summed E-state index contributed by atoms with van der Waals surface area (Å²) in [6, 6.07) is 3.87. The molecule has 1 aliphatic rings. The number of benzene rings is 1. The van der Waals surface area contributed by atoms with Gasteiger partial charge in [0.05, 0.1) is 11.0 Å². The number of imidazole rings is 1. The first kappa shape index (κ1) is 8.92. The Hall–Kier alpha value is -1.35. The molecule has 2 aromatic rings. The number of aromatic nitrogens is 2. The fourth-order valence-electron chi connectivity index (χ4n) is 2.15. The average molecular weight is 221 g/mol. The first-order chi connectivity index (χ1) is 7.16. The van der Waals surface area contributed by atoms with Crippen LogP contribution in [0, 0.1) is 6.92 Å². The van der Waals surface area contributed by atoms with Crippen LogP contribution in [0.3, 0.4) is 0 Å². The summed E-state index contributed by atoms with van der Waals surface area (Å²) in [4.78, 5) is 16.0. The van der Waals surface area contributed by atoms with Gasteiger partial charge >= 0.3 is 0 Å². The Labute approximate surface area is 91.7 Å². The molecule has 2 heterocycles. The highest BCUT2D eigenvalue weighted by atomic mass is 35.5. The third kappa shape index (κ3) is 1.13. The van der Waals surface area contributed by atoms with Crippen molar-refractivity contribution in [3.63, 3.8) is 0 Å². The van der Waals surface area contributed by atoms with E-state index in [1.54, 1.807) is 0 Å². The molecule has 0 bridgehead atoms. The lowest BCUT2D eigenvalue weighted by Crippen LogP contribution is -2.14. The van der Waals surface area contributed by atoms with Crippen molar-refractivity contribution < 1.29 is 4.79 Å². The van der Waals surface area contributed by atoms with Gasteiger partial charge in [-0.25, -0.2) is 4.98 Å². The summed E-state index contributed by atoms with van der Waals surface area (Å²) in [5.74, 6) is 0.188. The number of halogens is 1. The lowest BCUT2D eigenvalue weighted by atomic mass is 10.0. The second kappa shape index (κ2) is 2.83. The average Bonchev–Trinajstić information content (AvgIpc) is 2.49. The predicted molar refractivity (Wildman–Crippen MR) is 58.4 cm³/mol. The van der Waals surface area contributed by atoms with Gasteiger partial charge in [-0.2, -0.15) is 0 Å². The van der Waals surface area contributed by atoms with E-state index < -0.39 is 0 Å². The van der Waals surface area contributed by atoms with Crippen LogP contribution < -0.4 is 0 Å². The van der Waals surface area contributed by atoms with E-state index in [-0.39, 0.29) is 5.78 Å². The van der Waals surface area contributed by atoms with Crippen LogP contribution in [0.1, 0.15) is 22.3 Å². The molecule has 3 nitrogen and oxygen atoms in total. The number of hydrogen-bond acceptors (Lipinski definition) is 2. The van der Waals surface area contributed by atoms with Crippen LogP contribution in [0.25, 0.3) is 11.0 Å². The standard InChI is InChI=1S/C11H9ClN2O/c1-6-4-7-9(15)2-3-14-10(7)8(5-6)13-11(14)12/h4-5H,2-3H2,1H3. The van der Waals surface area contributed by atoms with E-state index in [1.165, 1.54) is 0 Å². The summed E-state index contributed by atoms with van der Waals surface area (Å²) in [5.41, 5.74) is 3.52. The minimum absolute atomic E-state index is 0.188. The number of ketones is 1. The van der Waals surface area contributed by atoms with Gasteiger partial charge in [0.25, 0.3) is 0 Å². The van der Waals surface area contributed by atoms with Crippen LogP contribution in [0.4, 0.5) is 0 Å². The highest BCUT2D eigenvalue weighted by Crippen LogP contribution is 2.29. The van der Waals surface area contributed by atoms with Crippen LogP contribution in [-0.4, -0.2) is 15.3 Å². The van der Waals surface area contributed by atoms with Crippen LogP contribution in [0.5, 0.6) is 0 Å². The Balaban J connectivity index is 2.52. The van der Waals surface area contributed by atoms with Crippen molar-refractivity contribution in [2.24, 2.45) is 0 Å². The van der Waals surface area contributed by atoms with Crippen molar-refractivity contribution in [2.45, 2.75) is 19.9 Å². The van der Waals surface area contributed by atoms with Crippen molar-refractivity contribution in [2.75, 3.05) is 0 Å². The quantitative estimate of drug-likeness (QED) is 0.684. The highest BCUT2D eigenvalue weighted by molar-refractivity contribution is 6.29. The Bertz CT molecular complexity index is 586. The van der Waals surface area contributed by atoms with Crippen LogP contribution in [0.2, 0.25) is 5.28 Å². The number of carbonyl (C=O) groups is 1. The van der Waals surface area contributed by atoms with Crippen molar-refractivity contribution >= 4 is 28.4 Å². The summed E-state index contributed by atoms with van der Waals surface area (Å²) in [6.45, 7) is 2.61. The van der Waals surface area contributed by atoms with E-state index in [0.29, 0.717) is 18.2 Å². The molecule has 0 atom stereocenters. The topological polar surface area (TPSA) is 34.9 Å². The molecule has 1 aromatic carbocycles.